The number of piperidine rings is 1. The average molecular weight is 248 g/mol. The van der Waals surface area contributed by atoms with Gasteiger partial charge in [-0.1, -0.05) is 12.1 Å². The molecule has 3 nitrogen and oxygen atoms in total. The van der Waals surface area contributed by atoms with E-state index in [0.29, 0.717) is 6.04 Å². The minimum Gasteiger partial charge on any atom is -0.494 e. The van der Waals surface area contributed by atoms with E-state index >= 15 is 0 Å². The lowest BCUT2D eigenvalue weighted by Gasteiger charge is -2.29. The zero-order valence-electron chi connectivity index (χ0n) is 11.5. The van der Waals surface area contributed by atoms with Crippen LogP contribution in [-0.2, 0) is 6.54 Å². The normalized spacial score (nSPS) is 17.9. The van der Waals surface area contributed by atoms with Crippen molar-refractivity contribution in [1.29, 1.82) is 0 Å². The van der Waals surface area contributed by atoms with Gasteiger partial charge in [-0.15, -0.1) is 0 Å². The molecule has 0 atom stereocenters. The van der Waals surface area contributed by atoms with E-state index in [-0.39, 0.29) is 0 Å². The highest BCUT2D eigenvalue weighted by molar-refractivity contribution is 5.27. The second-order valence-electron chi connectivity index (χ2n) is 5.04. The summed E-state index contributed by atoms with van der Waals surface area (Å²) in [5, 5.41) is 3.64. The van der Waals surface area contributed by atoms with Crippen molar-refractivity contribution in [2.75, 3.05) is 26.7 Å². The lowest BCUT2D eigenvalue weighted by Crippen LogP contribution is -2.40. The molecule has 1 saturated heterocycles. The molecule has 0 aliphatic carbocycles. The summed E-state index contributed by atoms with van der Waals surface area (Å²) in [5.74, 6) is 0.959. The van der Waals surface area contributed by atoms with Gasteiger partial charge in [-0.3, -0.25) is 0 Å². The minimum absolute atomic E-state index is 0.674. The molecule has 1 aliphatic heterocycles. The fraction of sp³-hybridized carbons (Fsp3) is 0.600. The summed E-state index contributed by atoms with van der Waals surface area (Å²) in [6.07, 6.45) is 2.51. The number of nitrogens with one attached hydrogen (secondary N) is 1. The van der Waals surface area contributed by atoms with E-state index in [1.807, 2.05) is 6.92 Å². The van der Waals surface area contributed by atoms with Gasteiger partial charge in [0.15, 0.2) is 0 Å². The van der Waals surface area contributed by atoms with Crippen molar-refractivity contribution < 1.29 is 4.74 Å². The van der Waals surface area contributed by atoms with Gasteiger partial charge in [0.1, 0.15) is 5.75 Å². The number of hydrogen-bond acceptors (Lipinski definition) is 3. The van der Waals surface area contributed by atoms with E-state index in [4.69, 9.17) is 4.74 Å². The zero-order valence-corrected chi connectivity index (χ0v) is 11.5. The smallest absolute Gasteiger partial charge is 0.119 e. The summed E-state index contributed by atoms with van der Waals surface area (Å²) in [5.41, 5.74) is 1.33. The van der Waals surface area contributed by atoms with E-state index in [2.05, 4.69) is 41.5 Å². The highest BCUT2D eigenvalue weighted by atomic mass is 16.5. The Balaban J connectivity index is 1.76. The molecular weight excluding hydrogens is 224 g/mol. The fourth-order valence-corrected chi connectivity index (χ4v) is 2.35. The van der Waals surface area contributed by atoms with E-state index in [1.165, 1.54) is 31.5 Å². The maximum atomic E-state index is 5.44. The monoisotopic (exact) mass is 248 g/mol. The van der Waals surface area contributed by atoms with Gasteiger partial charge in [-0.05, 0) is 57.6 Å². The molecule has 0 saturated carbocycles. The van der Waals surface area contributed by atoms with Crippen molar-refractivity contribution in [3.05, 3.63) is 29.8 Å². The van der Waals surface area contributed by atoms with E-state index in [1.54, 1.807) is 0 Å². The van der Waals surface area contributed by atoms with Crippen LogP contribution in [0.25, 0.3) is 0 Å². The summed E-state index contributed by atoms with van der Waals surface area (Å²) in [6, 6.07) is 9.07. The number of rotatable bonds is 5. The summed E-state index contributed by atoms with van der Waals surface area (Å²) >= 11 is 0. The number of hydrogen-bond donors (Lipinski definition) is 1. The molecule has 1 aromatic carbocycles. The van der Waals surface area contributed by atoms with Crippen LogP contribution < -0.4 is 10.1 Å². The summed E-state index contributed by atoms with van der Waals surface area (Å²) < 4.78 is 5.44. The third-order valence-corrected chi connectivity index (χ3v) is 3.55. The molecule has 2 rings (SSSR count). The Morgan fingerprint density at radius 1 is 1.22 bits per heavy atom. The summed E-state index contributed by atoms with van der Waals surface area (Å²) in [4.78, 5) is 2.40. The quantitative estimate of drug-likeness (QED) is 0.865. The molecule has 1 N–H and O–H groups in total. The number of ether oxygens (including phenoxy) is 1. The largest absolute Gasteiger partial charge is 0.494 e. The van der Waals surface area contributed by atoms with Gasteiger partial charge in [-0.25, -0.2) is 0 Å². The first-order valence-electron chi connectivity index (χ1n) is 6.91. The summed E-state index contributed by atoms with van der Waals surface area (Å²) in [6.45, 7) is 6.12. The molecule has 0 spiro atoms. The summed E-state index contributed by atoms with van der Waals surface area (Å²) in [7, 11) is 2.20. The Hall–Kier alpha value is -1.06. The van der Waals surface area contributed by atoms with Crippen LogP contribution in [0.4, 0.5) is 0 Å². The Bertz CT molecular complexity index is 342. The van der Waals surface area contributed by atoms with Gasteiger partial charge in [0.05, 0.1) is 6.61 Å². The average Bonchev–Trinajstić information content (AvgIpc) is 2.40. The van der Waals surface area contributed by atoms with E-state index in [9.17, 15) is 0 Å². The highest BCUT2D eigenvalue weighted by Gasteiger charge is 2.15. The lowest BCUT2D eigenvalue weighted by molar-refractivity contribution is 0.234. The molecule has 100 valence electrons. The number of nitrogens with zero attached hydrogens (tertiary/aromatic N) is 1. The van der Waals surface area contributed by atoms with Crippen LogP contribution in [0.1, 0.15) is 25.3 Å². The molecule has 1 fully saturated rings. The Labute approximate surface area is 110 Å². The molecule has 0 unspecified atom stereocenters. The van der Waals surface area contributed by atoms with Crippen molar-refractivity contribution in [3.8, 4) is 5.75 Å². The van der Waals surface area contributed by atoms with Gasteiger partial charge in [0.2, 0.25) is 0 Å². The molecular formula is C15H24N2O. The van der Waals surface area contributed by atoms with Crippen molar-refractivity contribution in [2.24, 2.45) is 0 Å². The molecule has 0 aromatic heterocycles. The van der Waals surface area contributed by atoms with E-state index < -0.39 is 0 Å². The number of likely N-dealkylation sites (tertiary alicyclic amines) is 1. The first kappa shape index (κ1) is 13.4. The maximum Gasteiger partial charge on any atom is 0.119 e. The molecule has 0 amide bonds. The van der Waals surface area contributed by atoms with Crippen LogP contribution in [0.2, 0.25) is 0 Å². The van der Waals surface area contributed by atoms with E-state index in [0.717, 1.165) is 18.9 Å². The predicted molar refractivity (Wildman–Crippen MR) is 75.0 cm³/mol. The van der Waals surface area contributed by atoms with Gasteiger partial charge in [-0.2, -0.15) is 0 Å². The third kappa shape index (κ3) is 4.00. The second kappa shape index (κ2) is 6.76. The van der Waals surface area contributed by atoms with Crippen molar-refractivity contribution in [3.63, 3.8) is 0 Å². The molecule has 18 heavy (non-hydrogen) atoms. The molecule has 3 heteroatoms. The van der Waals surface area contributed by atoms with Crippen LogP contribution in [0.15, 0.2) is 24.3 Å². The first-order chi connectivity index (χ1) is 8.78. The van der Waals surface area contributed by atoms with Crippen molar-refractivity contribution >= 4 is 0 Å². The molecule has 1 aliphatic rings. The number of benzene rings is 1. The Kier molecular flexibility index (Phi) is 5.02. The Morgan fingerprint density at radius 3 is 2.50 bits per heavy atom. The fourth-order valence-electron chi connectivity index (χ4n) is 2.35. The first-order valence-corrected chi connectivity index (χ1v) is 6.91. The lowest BCUT2D eigenvalue weighted by atomic mass is 10.1. The van der Waals surface area contributed by atoms with Gasteiger partial charge in [0.25, 0.3) is 0 Å². The zero-order chi connectivity index (χ0) is 12.8. The predicted octanol–water partition coefficient (Wildman–Crippen LogP) is 2.27. The molecule has 0 radical (unpaired) electrons. The van der Waals surface area contributed by atoms with Gasteiger partial charge < -0.3 is 15.0 Å². The van der Waals surface area contributed by atoms with Gasteiger partial charge in [0, 0.05) is 12.6 Å². The van der Waals surface area contributed by atoms with Crippen molar-refractivity contribution in [2.45, 2.75) is 32.4 Å². The molecule has 0 bridgehead atoms. The molecule has 1 aromatic rings. The van der Waals surface area contributed by atoms with Crippen LogP contribution in [-0.4, -0.2) is 37.7 Å². The van der Waals surface area contributed by atoms with Crippen LogP contribution >= 0.6 is 0 Å². The molecule has 1 heterocycles. The standard InChI is InChI=1S/C15H24N2O/c1-3-18-15-6-4-13(5-7-15)12-16-14-8-10-17(2)11-9-14/h4-7,14,16H,3,8-12H2,1-2H3. The van der Waals surface area contributed by atoms with Gasteiger partial charge >= 0.3 is 0 Å². The minimum atomic E-state index is 0.674. The van der Waals surface area contributed by atoms with Crippen LogP contribution in [0.5, 0.6) is 5.75 Å². The third-order valence-electron chi connectivity index (χ3n) is 3.55. The maximum absolute atomic E-state index is 5.44. The second-order valence-corrected chi connectivity index (χ2v) is 5.04. The Morgan fingerprint density at radius 2 is 1.89 bits per heavy atom. The van der Waals surface area contributed by atoms with Crippen molar-refractivity contribution in [1.82, 2.24) is 10.2 Å². The highest BCUT2D eigenvalue weighted by Crippen LogP contribution is 2.13. The van der Waals surface area contributed by atoms with Crippen LogP contribution in [0, 0.1) is 0 Å². The SMILES string of the molecule is CCOc1ccc(CNC2CCN(C)CC2)cc1. The van der Waals surface area contributed by atoms with Crippen LogP contribution in [0.3, 0.4) is 0 Å². The topological polar surface area (TPSA) is 24.5 Å².